The third-order valence-electron chi connectivity index (χ3n) is 5.09. The fourth-order valence-corrected chi connectivity index (χ4v) is 3.25. The van der Waals surface area contributed by atoms with Crippen LogP contribution in [0.2, 0.25) is 0 Å². The lowest BCUT2D eigenvalue weighted by molar-refractivity contribution is 0.410. The lowest BCUT2D eigenvalue weighted by Crippen LogP contribution is -2.17. The van der Waals surface area contributed by atoms with E-state index in [0.717, 1.165) is 17.0 Å². The number of fused-ring (bicyclic) bond motifs is 1. The fourth-order valence-electron chi connectivity index (χ4n) is 3.25. The highest BCUT2D eigenvalue weighted by atomic mass is 16.5. The molecule has 4 aromatic rings. The number of rotatable bonds is 7. The first kappa shape index (κ1) is 19.5. The van der Waals surface area contributed by atoms with Crippen molar-refractivity contribution in [2.45, 2.75) is 26.9 Å². The maximum absolute atomic E-state index is 12.5. The summed E-state index contributed by atoms with van der Waals surface area (Å²) in [6.45, 7) is 5.07. The molecular formula is C22H24N6O2. The zero-order chi connectivity index (χ0) is 21.1. The average Bonchev–Trinajstić information content (AvgIpc) is 3.17. The topological polar surface area (TPSA) is 96.3 Å². The Morgan fingerprint density at radius 3 is 2.70 bits per heavy atom. The Morgan fingerprint density at radius 1 is 1.03 bits per heavy atom. The molecule has 30 heavy (non-hydrogen) atoms. The minimum Gasteiger partial charge on any atom is -0.496 e. The van der Waals surface area contributed by atoms with Gasteiger partial charge in [-0.2, -0.15) is 9.50 Å². The zero-order valence-corrected chi connectivity index (χ0v) is 17.2. The lowest BCUT2D eigenvalue weighted by Gasteiger charge is -2.10. The number of anilines is 2. The van der Waals surface area contributed by atoms with Crippen molar-refractivity contribution < 1.29 is 4.74 Å². The van der Waals surface area contributed by atoms with Gasteiger partial charge in [0.2, 0.25) is 5.95 Å². The van der Waals surface area contributed by atoms with E-state index in [-0.39, 0.29) is 5.56 Å². The summed E-state index contributed by atoms with van der Waals surface area (Å²) in [4.78, 5) is 21.4. The fraction of sp³-hybridized carbons (Fsp3) is 0.227. The Morgan fingerprint density at radius 2 is 1.87 bits per heavy atom. The second-order valence-electron chi connectivity index (χ2n) is 7.06. The molecule has 0 saturated heterocycles. The third-order valence-corrected chi connectivity index (χ3v) is 5.09. The van der Waals surface area contributed by atoms with Crippen LogP contribution >= 0.6 is 0 Å². The van der Waals surface area contributed by atoms with E-state index in [1.807, 2.05) is 36.4 Å². The molecule has 4 rings (SSSR count). The number of aryl methyl sites for hydroxylation is 1. The Kier molecular flexibility index (Phi) is 5.38. The molecular weight excluding hydrogens is 380 g/mol. The summed E-state index contributed by atoms with van der Waals surface area (Å²) in [7, 11) is 1.64. The number of nitrogens with zero attached hydrogens (tertiary/aromatic N) is 3. The summed E-state index contributed by atoms with van der Waals surface area (Å²) in [6.07, 6.45) is 0. The molecule has 0 fully saturated rings. The second-order valence-corrected chi connectivity index (χ2v) is 7.06. The van der Waals surface area contributed by atoms with E-state index in [9.17, 15) is 4.79 Å². The Balaban J connectivity index is 1.51. The van der Waals surface area contributed by atoms with Crippen LogP contribution in [0.4, 0.5) is 11.6 Å². The van der Waals surface area contributed by atoms with Crippen molar-refractivity contribution in [2.75, 3.05) is 17.7 Å². The van der Waals surface area contributed by atoms with E-state index in [1.165, 1.54) is 21.7 Å². The van der Waals surface area contributed by atoms with Crippen LogP contribution in [0.5, 0.6) is 5.75 Å². The van der Waals surface area contributed by atoms with Gasteiger partial charge in [0.1, 0.15) is 5.75 Å². The molecule has 0 atom stereocenters. The number of hydrogen-bond donors (Lipinski definition) is 3. The highest BCUT2D eigenvalue weighted by molar-refractivity contribution is 5.53. The van der Waals surface area contributed by atoms with Crippen LogP contribution in [-0.2, 0) is 13.1 Å². The predicted molar refractivity (Wildman–Crippen MR) is 117 cm³/mol. The summed E-state index contributed by atoms with van der Waals surface area (Å²) < 4.78 is 6.69. The molecule has 2 aromatic heterocycles. The summed E-state index contributed by atoms with van der Waals surface area (Å²) in [5.74, 6) is 1.57. The van der Waals surface area contributed by atoms with Gasteiger partial charge in [-0.3, -0.25) is 9.89 Å². The monoisotopic (exact) mass is 404 g/mol. The van der Waals surface area contributed by atoms with E-state index >= 15 is 0 Å². The number of H-pyrrole nitrogens is 1. The van der Waals surface area contributed by atoms with Gasteiger partial charge >= 0.3 is 0 Å². The summed E-state index contributed by atoms with van der Waals surface area (Å²) in [6, 6.07) is 15.3. The van der Waals surface area contributed by atoms with E-state index in [4.69, 9.17) is 4.74 Å². The molecule has 0 aliphatic rings. The molecule has 2 aromatic carbocycles. The van der Waals surface area contributed by atoms with Crippen LogP contribution in [0.25, 0.3) is 5.78 Å². The smallest absolute Gasteiger partial charge is 0.274 e. The van der Waals surface area contributed by atoms with Gasteiger partial charge in [0.25, 0.3) is 11.3 Å². The largest absolute Gasteiger partial charge is 0.496 e. The molecule has 0 saturated carbocycles. The van der Waals surface area contributed by atoms with Crippen molar-refractivity contribution in [1.82, 2.24) is 19.6 Å². The number of nitrogens with one attached hydrogen (secondary N) is 3. The average molecular weight is 404 g/mol. The SMILES string of the molecule is COc1ccccc1CNc1nc2nc(CNc3cccc(C)c3C)cc(=O)n2[nH]1. The van der Waals surface area contributed by atoms with Crippen LogP contribution in [0, 0.1) is 13.8 Å². The van der Waals surface area contributed by atoms with Crippen molar-refractivity contribution in [3.8, 4) is 5.75 Å². The number of methoxy groups -OCH3 is 1. The molecule has 8 heteroatoms. The van der Waals surface area contributed by atoms with Gasteiger partial charge in [0, 0.05) is 23.9 Å². The quantitative estimate of drug-likeness (QED) is 0.438. The highest BCUT2D eigenvalue weighted by Gasteiger charge is 2.10. The molecule has 0 aliphatic heterocycles. The van der Waals surface area contributed by atoms with Crippen molar-refractivity contribution in [2.24, 2.45) is 0 Å². The summed E-state index contributed by atoms with van der Waals surface area (Å²) in [5, 5.41) is 9.48. The molecule has 0 spiro atoms. The van der Waals surface area contributed by atoms with Gasteiger partial charge in [-0.25, -0.2) is 4.98 Å². The van der Waals surface area contributed by atoms with Crippen molar-refractivity contribution in [1.29, 1.82) is 0 Å². The maximum Gasteiger partial charge on any atom is 0.274 e. The molecule has 0 aliphatic carbocycles. The molecule has 0 amide bonds. The molecule has 3 N–H and O–H groups in total. The first-order chi connectivity index (χ1) is 14.5. The van der Waals surface area contributed by atoms with Crippen LogP contribution < -0.4 is 20.9 Å². The zero-order valence-electron chi connectivity index (χ0n) is 17.2. The van der Waals surface area contributed by atoms with Gasteiger partial charge < -0.3 is 15.4 Å². The summed E-state index contributed by atoms with van der Waals surface area (Å²) >= 11 is 0. The first-order valence-electron chi connectivity index (χ1n) is 9.69. The van der Waals surface area contributed by atoms with Crippen molar-refractivity contribution >= 4 is 17.4 Å². The number of aromatic amines is 1. The van der Waals surface area contributed by atoms with Gasteiger partial charge in [0.15, 0.2) is 0 Å². The lowest BCUT2D eigenvalue weighted by atomic mass is 10.1. The van der Waals surface area contributed by atoms with Crippen LogP contribution in [0.1, 0.15) is 22.4 Å². The normalized spacial score (nSPS) is 10.9. The van der Waals surface area contributed by atoms with Crippen LogP contribution in [-0.4, -0.2) is 26.7 Å². The number of benzene rings is 2. The standard InChI is InChI=1S/C22H24N6O2/c1-14-7-6-9-18(15(14)2)23-13-17-11-20(29)28-22(25-17)26-21(27-28)24-12-16-8-4-5-10-19(16)30-3/h4-11,23H,12-13H2,1-3H3,(H2,24,25,26,27). The number of ether oxygens (including phenoxy) is 1. The number of para-hydroxylation sites is 1. The van der Waals surface area contributed by atoms with E-state index < -0.39 is 0 Å². The minimum atomic E-state index is -0.212. The van der Waals surface area contributed by atoms with Crippen LogP contribution in [0.3, 0.4) is 0 Å². The van der Waals surface area contributed by atoms with Gasteiger partial charge in [0.05, 0.1) is 19.3 Å². The first-order valence-corrected chi connectivity index (χ1v) is 9.69. The van der Waals surface area contributed by atoms with Gasteiger partial charge in [-0.1, -0.05) is 30.3 Å². The Bertz CT molecular complexity index is 1240. The number of hydrogen-bond acceptors (Lipinski definition) is 6. The predicted octanol–water partition coefficient (Wildman–Crippen LogP) is 3.27. The molecule has 0 bridgehead atoms. The molecule has 0 unspecified atom stereocenters. The van der Waals surface area contributed by atoms with Crippen LogP contribution in [0.15, 0.2) is 53.3 Å². The Hall–Kier alpha value is -3.81. The molecule has 8 nitrogen and oxygen atoms in total. The summed E-state index contributed by atoms with van der Waals surface area (Å²) in [5.41, 5.74) is 4.82. The number of aromatic nitrogens is 4. The van der Waals surface area contributed by atoms with E-state index in [2.05, 4.69) is 45.6 Å². The molecule has 2 heterocycles. The minimum absolute atomic E-state index is 0.212. The third kappa shape index (κ3) is 3.98. The van der Waals surface area contributed by atoms with Crippen molar-refractivity contribution in [3.05, 3.63) is 81.3 Å². The maximum atomic E-state index is 12.5. The molecule has 154 valence electrons. The highest BCUT2D eigenvalue weighted by Crippen LogP contribution is 2.19. The van der Waals surface area contributed by atoms with E-state index in [1.54, 1.807) is 7.11 Å². The Labute approximate surface area is 173 Å². The molecule has 0 radical (unpaired) electrons. The van der Waals surface area contributed by atoms with E-state index in [0.29, 0.717) is 30.5 Å². The van der Waals surface area contributed by atoms with Gasteiger partial charge in [-0.05, 0) is 37.1 Å². The second kappa shape index (κ2) is 8.28. The van der Waals surface area contributed by atoms with Crippen molar-refractivity contribution in [3.63, 3.8) is 0 Å². The van der Waals surface area contributed by atoms with Gasteiger partial charge in [-0.15, -0.1) is 0 Å².